The predicted octanol–water partition coefficient (Wildman–Crippen LogP) is 4.16. The van der Waals surface area contributed by atoms with E-state index in [1.807, 2.05) is 81.4 Å². The number of amides is 1. The number of hydrogen-bond donors (Lipinski definition) is 1. The summed E-state index contributed by atoms with van der Waals surface area (Å²) in [7, 11) is 0. The highest BCUT2D eigenvalue weighted by Crippen LogP contribution is 2.32. The van der Waals surface area contributed by atoms with Crippen LogP contribution in [0.3, 0.4) is 0 Å². The maximum Gasteiger partial charge on any atom is 0.410 e. The van der Waals surface area contributed by atoms with E-state index in [1.54, 1.807) is 6.92 Å². The monoisotopic (exact) mass is 427 g/mol. The third-order valence-corrected chi connectivity index (χ3v) is 5.15. The molecule has 1 aliphatic rings. The SMILES string of the molecule is CC(C)(C)OC(=O)N1C[C@](C)(O)[C@H](OCc2ccccc2)[C@H]1COCc1ccccc1. The Bertz CT molecular complexity index is 832. The standard InChI is InChI=1S/C25H33NO5/c1-24(2,3)31-23(27)26-18-25(4,28)22(30-16-20-13-9-6-10-14-20)21(26)17-29-15-19-11-7-5-8-12-19/h5-14,21-22,28H,15-18H2,1-4H3/t21-,22-,25+/m1/s1. The first-order valence-electron chi connectivity index (χ1n) is 10.6. The second-order valence-electron chi connectivity index (χ2n) is 9.25. The van der Waals surface area contributed by atoms with Gasteiger partial charge in [-0.15, -0.1) is 0 Å². The number of ether oxygens (including phenoxy) is 3. The first kappa shape index (κ1) is 23.3. The van der Waals surface area contributed by atoms with Gasteiger partial charge in [0.25, 0.3) is 0 Å². The molecule has 6 nitrogen and oxygen atoms in total. The van der Waals surface area contributed by atoms with Crippen LogP contribution in [0.4, 0.5) is 4.79 Å². The number of hydrogen-bond acceptors (Lipinski definition) is 5. The van der Waals surface area contributed by atoms with Crippen LogP contribution < -0.4 is 0 Å². The van der Waals surface area contributed by atoms with E-state index in [0.717, 1.165) is 11.1 Å². The summed E-state index contributed by atoms with van der Waals surface area (Å²) in [6.45, 7) is 8.24. The number of carbonyl (C=O) groups is 1. The van der Waals surface area contributed by atoms with Crippen LogP contribution in [0.2, 0.25) is 0 Å². The summed E-state index contributed by atoms with van der Waals surface area (Å²) >= 11 is 0. The number of nitrogens with zero attached hydrogens (tertiary/aromatic N) is 1. The van der Waals surface area contributed by atoms with Crippen molar-refractivity contribution in [2.24, 2.45) is 0 Å². The molecule has 1 heterocycles. The number of likely N-dealkylation sites (tertiary alicyclic amines) is 1. The van der Waals surface area contributed by atoms with E-state index < -0.39 is 29.4 Å². The molecule has 0 radical (unpaired) electrons. The Labute approximate surface area is 184 Å². The van der Waals surface area contributed by atoms with E-state index in [0.29, 0.717) is 13.2 Å². The third kappa shape index (κ3) is 6.53. The number of rotatable bonds is 7. The van der Waals surface area contributed by atoms with Crippen LogP contribution in [0.15, 0.2) is 60.7 Å². The van der Waals surface area contributed by atoms with Crippen molar-refractivity contribution < 1.29 is 24.1 Å². The molecular weight excluding hydrogens is 394 g/mol. The van der Waals surface area contributed by atoms with Gasteiger partial charge in [0.05, 0.1) is 32.4 Å². The van der Waals surface area contributed by atoms with Crippen LogP contribution >= 0.6 is 0 Å². The largest absolute Gasteiger partial charge is 0.444 e. The molecule has 0 unspecified atom stereocenters. The van der Waals surface area contributed by atoms with Crippen LogP contribution in [-0.4, -0.2) is 52.6 Å². The summed E-state index contributed by atoms with van der Waals surface area (Å²) in [5, 5.41) is 11.1. The topological polar surface area (TPSA) is 68.2 Å². The molecular formula is C25H33NO5. The van der Waals surface area contributed by atoms with Gasteiger partial charge in [0.1, 0.15) is 17.3 Å². The maximum atomic E-state index is 12.9. The summed E-state index contributed by atoms with van der Waals surface area (Å²) in [5.41, 5.74) is 0.171. The highest BCUT2D eigenvalue weighted by molar-refractivity contribution is 5.69. The van der Waals surface area contributed by atoms with E-state index >= 15 is 0 Å². The molecule has 2 aromatic rings. The summed E-state index contributed by atoms with van der Waals surface area (Å²) in [5.74, 6) is 0. The van der Waals surface area contributed by atoms with Crippen LogP contribution in [0, 0.1) is 0 Å². The Kier molecular flexibility index (Phi) is 7.36. The maximum absolute atomic E-state index is 12.9. The Morgan fingerprint density at radius 1 is 1.03 bits per heavy atom. The fourth-order valence-electron chi connectivity index (χ4n) is 3.75. The second kappa shape index (κ2) is 9.81. The zero-order valence-electron chi connectivity index (χ0n) is 18.8. The average molecular weight is 428 g/mol. The van der Waals surface area contributed by atoms with Gasteiger partial charge in [-0.05, 0) is 38.8 Å². The molecule has 1 saturated heterocycles. The number of carbonyl (C=O) groups excluding carboxylic acids is 1. The Balaban J connectivity index is 1.74. The summed E-state index contributed by atoms with van der Waals surface area (Å²) < 4.78 is 17.7. The van der Waals surface area contributed by atoms with Gasteiger partial charge in [-0.2, -0.15) is 0 Å². The summed E-state index contributed by atoms with van der Waals surface area (Å²) in [6, 6.07) is 19.1. The normalized spacial score (nSPS) is 23.7. The van der Waals surface area contributed by atoms with Crippen molar-refractivity contribution in [2.75, 3.05) is 13.2 Å². The molecule has 1 aliphatic heterocycles. The van der Waals surface area contributed by atoms with Crippen LogP contribution in [0.1, 0.15) is 38.8 Å². The van der Waals surface area contributed by atoms with E-state index in [9.17, 15) is 9.90 Å². The quantitative estimate of drug-likeness (QED) is 0.719. The fraction of sp³-hybridized carbons (Fsp3) is 0.480. The highest BCUT2D eigenvalue weighted by atomic mass is 16.6. The van der Waals surface area contributed by atoms with Crippen LogP contribution in [-0.2, 0) is 27.4 Å². The average Bonchev–Trinajstić information content (AvgIpc) is 2.97. The molecule has 3 atom stereocenters. The lowest BCUT2D eigenvalue weighted by atomic mass is 9.99. The van der Waals surface area contributed by atoms with Gasteiger partial charge in [0.2, 0.25) is 0 Å². The van der Waals surface area contributed by atoms with Crippen molar-refractivity contribution >= 4 is 6.09 Å². The van der Waals surface area contributed by atoms with Crippen molar-refractivity contribution in [2.45, 2.75) is 64.3 Å². The van der Waals surface area contributed by atoms with Gasteiger partial charge in [-0.25, -0.2) is 4.79 Å². The Morgan fingerprint density at radius 2 is 1.58 bits per heavy atom. The van der Waals surface area contributed by atoms with E-state index in [-0.39, 0.29) is 13.2 Å². The molecule has 0 saturated carbocycles. The molecule has 168 valence electrons. The number of aliphatic hydroxyl groups is 1. The molecule has 6 heteroatoms. The lowest BCUT2D eigenvalue weighted by Gasteiger charge is -2.30. The summed E-state index contributed by atoms with van der Waals surface area (Å²) in [6.07, 6.45) is -1.09. The molecule has 0 spiro atoms. The van der Waals surface area contributed by atoms with Gasteiger partial charge in [0, 0.05) is 0 Å². The van der Waals surface area contributed by atoms with Crippen molar-refractivity contribution in [3.8, 4) is 0 Å². The molecule has 1 N–H and O–H groups in total. The minimum absolute atomic E-state index is 0.112. The van der Waals surface area contributed by atoms with Gasteiger partial charge >= 0.3 is 6.09 Å². The molecule has 3 rings (SSSR count). The first-order valence-corrected chi connectivity index (χ1v) is 10.6. The lowest BCUT2D eigenvalue weighted by Crippen LogP contribution is -2.47. The molecule has 1 amide bonds. The van der Waals surface area contributed by atoms with E-state index in [4.69, 9.17) is 14.2 Å². The molecule has 1 fully saturated rings. The van der Waals surface area contributed by atoms with E-state index in [1.165, 1.54) is 4.90 Å². The first-order chi connectivity index (χ1) is 14.7. The number of β-amino-alcohol motifs (C(OH)–C–C–N with tert-alkyl or cyclic N) is 1. The van der Waals surface area contributed by atoms with Crippen molar-refractivity contribution in [1.29, 1.82) is 0 Å². The van der Waals surface area contributed by atoms with Crippen molar-refractivity contribution in [3.63, 3.8) is 0 Å². The second-order valence-corrected chi connectivity index (χ2v) is 9.25. The smallest absolute Gasteiger partial charge is 0.410 e. The van der Waals surface area contributed by atoms with Gasteiger partial charge < -0.3 is 19.3 Å². The fourth-order valence-corrected chi connectivity index (χ4v) is 3.75. The Morgan fingerprint density at radius 3 is 2.13 bits per heavy atom. The van der Waals surface area contributed by atoms with Crippen LogP contribution in [0.5, 0.6) is 0 Å². The van der Waals surface area contributed by atoms with Crippen molar-refractivity contribution in [3.05, 3.63) is 71.8 Å². The van der Waals surface area contributed by atoms with Gasteiger partial charge in [-0.1, -0.05) is 60.7 Å². The predicted molar refractivity (Wildman–Crippen MR) is 118 cm³/mol. The summed E-state index contributed by atoms with van der Waals surface area (Å²) in [4.78, 5) is 14.4. The van der Waals surface area contributed by atoms with E-state index in [2.05, 4.69) is 0 Å². The third-order valence-electron chi connectivity index (χ3n) is 5.15. The minimum atomic E-state index is -1.23. The molecule has 31 heavy (non-hydrogen) atoms. The van der Waals surface area contributed by atoms with Gasteiger partial charge in [0.15, 0.2) is 0 Å². The zero-order valence-corrected chi connectivity index (χ0v) is 18.8. The lowest BCUT2D eigenvalue weighted by molar-refractivity contribution is -0.0957. The van der Waals surface area contributed by atoms with Crippen LogP contribution in [0.25, 0.3) is 0 Å². The zero-order chi connectivity index (χ0) is 22.5. The number of benzene rings is 2. The van der Waals surface area contributed by atoms with Gasteiger partial charge in [-0.3, -0.25) is 4.90 Å². The molecule has 0 aliphatic carbocycles. The molecule has 0 bridgehead atoms. The highest BCUT2D eigenvalue weighted by Gasteiger charge is 2.52. The minimum Gasteiger partial charge on any atom is -0.444 e. The van der Waals surface area contributed by atoms with Crippen molar-refractivity contribution in [1.82, 2.24) is 4.90 Å². The Hall–Kier alpha value is -2.41. The molecule has 2 aromatic carbocycles. The molecule has 0 aromatic heterocycles.